The van der Waals surface area contributed by atoms with Crippen LogP contribution < -0.4 is 0 Å². The standard InChI is InChI=1S/C10H12N2O2/c1-6-2-3-7-8(4-6)10(14)12(5-11)9(7)13/h6,13-14H,2-4H2,1H3. The van der Waals surface area contributed by atoms with E-state index in [4.69, 9.17) is 5.26 Å². The van der Waals surface area contributed by atoms with Crippen molar-refractivity contribution in [3.8, 4) is 18.0 Å². The molecule has 1 aromatic heterocycles. The van der Waals surface area contributed by atoms with Gasteiger partial charge in [0.2, 0.25) is 11.8 Å². The van der Waals surface area contributed by atoms with Gasteiger partial charge in [0.25, 0.3) is 0 Å². The van der Waals surface area contributed by atoms with Crippen LogP contribution in [0.15, 0.2) is 0 Å². The fraction of sp³-hybridized carbons (Fsp3) is 0.500. The summed E-state index contributed by atoms with van der Waals surface area (Å²) in [4.78, 5) is 0. The average Bonchev–Trinajstić information content (AvgIpc) is 2.39. The number of nitriles is 1. The number of aromatic nitrogens is 1. The van der Waals surface area contributed by atoms with Crippen molar-refractivity contribution in [2.24, 2.45) is 5.92 Å². The summed E-state index contributed by atoms with van der Waals surface area (Å²) in [6.45, 7) is 2.10. The SMILES string of the molecule is CC1CCc2c(c(O)n(C#N)c2O)C1. The van der Waals surface area contributed by atoms with Crippen LogP contribution in [0.4, 0.5) is 0 Å². The van der Waals surface area contributed by atoms with Crippen molar-refractivity contribution in [3.63, 3.8) is 0 Å². The molecule has 1 aromatic rings. The lowest BCUT2D eigenvalue weighted by atomic mass is 9.87. The van der Waals surface area contributed by atoms with Gasteiger partial charge in [-0.15, -0.1) is 0 Å². The number of hydrogen-bond acceptors (Lipinski definition) is 3. The van der Waals surface area contributed by atoms with Gasteiger partial charge in [-0.2, -0.15) is 9.83 Å². The first-order chi connectivity index (χ1) is 6.65. The van der Waals surface area contributed by atoms with Gasteiger partial charge in [0.15, 0.2) is 6.19 Å². The molecular weight excluding hydrogens is 180 g/mol. The molecule has 0 amide bonds. The summed E-state index contributed by atoms with van der Waals surface area (Å²) in [7, 11) is 0. The third-order valence-corrected chi connectivity index (χ3v) is 2.87. The molecule has 0 saturated heterocycles. The summed E-state index contributed by atoms with van der Waals surface area (Å²) in [5, 5.41) is 28.0. The summed E-state index contributed by atoms with van der Waals surface area (Å²) < 4.78 is 0.892. The van der Waals surface area contributed by atoms with Gasteiger partial charge >= 0.3 is 0 Å². The number of hydrogen-bond donors (Lipinski definition) is 2. The van der Waals surface area contributed by atoms with Gasteiger partial charge in [-0.1, -0.05) is 6.92 Å². The van der Waals surface area contributed by atoms with Crippen LogP contribution in [0.5, 0.6) is 11.8 Å². The number of fused-ring (bicyclic) bond motifs is 1. The molecule has 2 rings (SSSR count). The monoisotopic (exact) mass is 192 g/mol. The maximum Gasteiger partial charge on any atom is 0.211 e. The van der Waals surface area contributed by atoms with Crippen molar-refractivity contribution < 1.29 is 10.2 Å². The third kappa shape index (κ3) is 1.06. The second-order valence-electron chi connectivity index (χ2n) is 3.89. The van der Waals surface area contributed by atoms with Gasteiger partial charge in [0, 0.05) is 11.1 Å². The van der Waals surface area contributed by atoms with E-state index in [0.29, 0.717) is 5.92 Å². The molecule has 14 heavy (non-hydrogen) atoms. The zero-order valence-electron chi connectivity index (χ0n) is 7.99. The van der Waals surface area contributed by atoms with Crippen molar-refractivity contribution in [3.05, 3.63) is 11.1 Å². The number of rotatable bonds is 0. The third-order valence-electron chi connectivity index (χ3n) is 2.87. The Labute approximate surface area is 82.0 Å². The van der Waals surface area contributed by atoms with Gasteiger partial charge in [-0.05, 0) is 25.2 Å². The highest BCUT2D eigenvalue weighted by molar-refractivity contribution is 5.48. The minimum atomic E-state index is -0.0912. The molecule has 0 bridgehead atoms. The van der Waals surface area contributed by atoms with Gasteiger partial charge < -0.3 is 10.2 Å². The topological polar surface area (TPSA) is 69.2 Å². The zero-order valence-corrected chi connectivity index (χ0v) is 7.99. The van der Waals surface area contributed by atoms with Crippen LogP contribution in [0.3, 0.4) is 0 Å². The largest absolute Gasteiger partial charge is 0.493 e. The maximum absolute atomic E-state index is 9.65. The van der Waals surface area contributed by atoms with Gasteiger partial charge in [0.05, 0.1) is 0 Å². The lowest BCUT2D eigenvalue weighted by Crippen LogP contribution is -2.09. The molecular formula is C10H12N2O2. The van der Waals surface area contributed by atoms with Crippen LogP contribution in [-0.4, -0.2) is 14.8 Å². The first kappa shape index (κ1) is 8.95. The molecule has 1 unspecified atom stereocenters. The highest BCUT2D eigenvalue weighted by atomic mass is 16.3. The van der Waals surface area contributed by atoms with Crippen molar-refractivity contribution in [1.29, 1.82) is 5.26 Å². The van der Waals surface area contributed by atoms with E-state index in [1.807, 2.05) is 0 Å². The summed E-state index contributed by atoms with van der Waals surface area (Å²) in [6.07, 6.45) is 4.23. The Hall–Kier alpha value is -1.63. The molecule has 1 aliphatic rings. The zero-order chi connectivity index (χ0) is 10.3. The van der Waals surface area contributed by atoms with E-state index in [1.165, 1.54) is 0 Å². The van der Waals surface area contributed by atoms with E-state index >= 15 is 0 Å². The smallest absolute Gasteiger partial charge is 0.211 e. The number of aromatic hydroxyl groups is 2. The quantitative estimate of drug-likeness (QED) is 0.652. The lowest BCUT2D eigenvalue weighted by molar-refractivity contribution is 0.401. The average molecular weight is 192 g/mol. The highest BCUT2D eigenvalue weighted by Crippen LogP contribution is 2.39. The lowest BCUT2D eigenvalue weighted by Gasteiger charge is -2.17. The van der Waals surface area contributed by atoms with Crippen LogP contribution in [-0.2, 0) is 12.8 Å². The molecule has 0 radical (unpaired) electrons. The van der Waals surface area contributed by atoms with Crippen molar-refractivity contribution in [2.75, 3.05) is 0 Å². The Morgan fingerprint density at radius 2 is 2.00 bits per heavy atom. The van der Waals surface area contributed by atoms with E-state index in [2.05, 4.69) is 6.92 Å². The molecule has 0 fully saturated rings. The molecule has 1 heterocycles. The van der Waals surface area contributed by atoms with Crippen molar-refractivity contribution in [2.45, 2.75) is 26.2 Å². The first-order valence-electron chi connectivity index (χ1n) is 4.69. The van der Waals surface area contributed by atoms with E-state index in [0.717, 1.165) is 35.0 Å². The van der Waals surface area contributed by atoms with Gasteiger partial charge in [-0.25, -0.2) is 0 Å². The van der Waals surface area contributed by atoms with Gasteiger partial charge in [-0.3, -0.25) is 0 Å². The molecule has 4 nitrogen and oxygen atoms in total. The molecule has 0 aliphatic heterocycles. The predicted octanol–water partition coefficient (Wildman–Crippen LogP) is 1.35. The normalized spacial score (nSPS) is 20.1. The Morgan fingerprint density at radius 3 is 2.64 bits per heavy atom. The second kappa shape index (κ2) is 2.95. The molecule has 0 spiro atoms. The second-order valence-corrected chi connectivity index (χ2v) is 3.89. The summed E-state index contributed by atoms with van der Waals surface area (Å²) >= 11 is 0. The van der Waals surface area contributed by atoms with E-state index < -0.39 is 0 Å². The Balaban J connectivity index is 2.58. The molecule has 74 valence electrons. The minimum absolute atomic E-state index is 0.0908. The summed E-state index contributed by atoms with van der Waals surface area (Å²) in [5.41, 5.74) is 1.48. The molecule has 1 atom stereocenters. The van der Waals surface area contributed by atoms with Crippen molar-refractivity contribution in [1.82, 2.24) is 4.57 Å². The summed E-state index contributed by atoms with van der Waals surface area (Å²) in [6, 6.07) is 0. The van der Waals surface area contributed by atoms with Crippen molar-refractivity contribution >= 4 is 0 Å². The Kier molecular flexibility index (Phi) is 1.88. The van der Waals surface area contributed by atoms with E-state index in [1.54, 1.807) is 6.19 Å². The Morgan fingerprint density at radius 1 is 1.36 bits per heavy atom. The predicted molar refractivity (Wildman–Crippen MR) is 50.0 cm³/mol. The van der Waals surface area contributed by atoms with E-state index in [-0.39, 0.29) is 11.8 Å². The Bertz CT molecular complexity index is 415. The van der Waals surface area contributed by atoms with Crippen LogP contribution in [0, 0.1) is 17.4 Å². The molecule has 2 N–H and O–H groups in total. The van der Waals surface area contributed by atoms with Gasteiger partial charge in [0.1, 0.15) is 0 Å². The maximum atomic E-state index is 9.65. The minimum Gasteiger partial charge on any atom is -0.493 e. The molecule has 0 aromatic carbocycles. The summed E-state index contributed by atoms with van der Waals surface area (Å²) in [5.74, 6) is 0.320. The molecule has 1 aliphatic carbocycles. The van der Waals surface area contributed by atoms with Crippen LogP contribution in [0.25, 0.3) is 0 Å². The van der Waals surface area contributed by atoms with Crippen LogP contribution >= 0.6 is 0 Å². The first-order valence-corrected chi connectivity index (χ1v) is 4.69. The fourth-order valence-corrected chi connectivity index (χ4v) is 2.05. The van der Waals surface area contributed by atoms with Crippen LogP contribution in [0.1, 0.15) is 24.5 Å². The highest BCUT2D eigenvalue weighted by Gasteiger charge is 2.27. The number of nitrogens with zero attached hydrogens (tertiary/aromatic N) is 2. The van der Waals surface area contributed by atoms with Crippen LogP contribution in [0.2, 0.25) is 0 Å². The van der Waals surface area contributed by atoms with E-state index in [9.17, 15) is 10.2 Å². The molecule has 4 heteroatoms. The molecule has 0 saturated carbocycles. The fourth-order valence-electron chi connectivity index (χ4n) is 2.05.